The van der Waals surface area contributed by atoms with Gasteiger partial charge in [-0.25, -0.2) is 0 Å². The van der Waals surface area contributed by atoms with Crippen molar-refractivity contribution in [3.05, 3.63) is 64.2 Å². The molecule has 0 fully saturated rings. The van der Waals surface area contributed by atoms with Crippen molar-refractivity contribution in [2.24, 2.45) is 5.73 Å². The molecule has 0 atom stereocenters. The number of carbonyl (C=O) groups is 1. The highest BCUT2D eigenvalue weighted by Crippen LogP contribution is 2.29. The molecule has 0 heterocycles. The molecule has 0 unspecified atom stereocenters. The van der Waals surface area contributed by atoms with E-state index in [9.17, 15) is 4.79 Å². The van der Waals surface area contributed by atoms with Crippen molar-refractivity contribution in [2.45, 2.75) is 57.4 Å². The molecule has 1 amide bonds. The molecule has 2 aromatic rings. The van der Waals surface area contributed by atoms with Gasteiger partial charge >= 0.3 is 0 Å². The summed E-state index contributed by atoms with van der Waals surface area (Å²) in [5.74, 6) is 0.207. The zero-order valence-corrected chi connectivity index (χ0v) is 19.3. The van der Waals surface area contributed by atoms with Gasteiger partial charge in [-0.1, -0.05) is 39.8 Å². The van der Waals surface area contributed by atoms with Gasteiger partial charge in [0.15, 0.2) is 0 Å². The van der Waals surface area contributed by atoms with Crippen molar-refractivity contribution in [3.63, 3.8) is 0 Å². The molecule has 2 N–H and O–H groups in total. The Morgan fingerprint density at radius 3 is 1.90 bits per heavy atom. The minimum atomic E-state index is -0.330. The van der Waals surface area contributed by atoms with Gasteiger partial charge < -0.3 is 10.6 Å². The Morgan fingerprint density at radius 1 is 1.07 bits per heavy atom. The predicted octanol–water partition coefficient (Wildman–Crippen LogP) is 4.87. The Morgan fingerprint density at radius 2 is 1.55 bits per heavy atom. The summed E-state index contributed by atoms with van der Waals surface area (Å²) in [6, 6.07) is 14.2. The number of nitriles is 1. The van der Waals surface area contributed by atoms with E-state index >= 15 is 0 Å². The number of nitrogens with zero attached hydrogens (tertiary/aromatic N) is 2. The van der Waals surface area contributed by atoms with E-state index in [-0.39, 0.29) is 24.2 Å². The maximum atomic E-state index is 11.2. The maximum Gasteiger partial charge on any atom is 0.221 e. The fourth-order valence-electron chi connectivity index (χ4n) is 3.16. The molecule has 156 valence electrons. The molecule has 0 aliphatic heterocycles. The van der Waals surface area contributed by atoms with Gasteiger partial charge in [-0.3, -0.25) is 4.79 Å². The molecule has 0 spiro atoms. The van der Waals surface area contributed by atoms with E-state index in [0.717, 1.165) is 28.1 Å². The van der Waals surface area contributed by atoms with Gasteiger partial charge in [0.25, 0.3) is 0 Å². The quantitative estimate of drug-likeness (QED) is 0.666. The third kappa shape index (κ3) is 8.31. The van der Waals surface area contributed by atoms with Crippen molar-refractivity contribution >= 4 is 18.5 Å². The number of thiol groups is 1. The molecule has 0 bridgehead atoms. The first-order chi connectivity index (χ1) is 13.5. The van der Waals surface area contributed by atoms with Crippen molar-refractivity contribution < 1.29 is 4.79 Å². The smallest absolute Gasteiger partial charge is 0.221 e. The number of amides is 1. The molecule has 5 heteroatoms. The standard InChI is InChI=1S/C15H20N2O.C9H13NS/c1-9(2)12-5-11(8-16)6-13(10(3)4)14(12)7-15(17)18;1-10(2)7-8-3-5-9(11)6-4-8/h5-6,9-10H,7H2,1-4H3,(H2,17,18);3-6,11H,7H2,1-2H3. The second-order valence-corrected chi connectivity index (χ2v) is 8.62. The van der Waals surface area contributed by atoms with Crippen LogP contribution in [0.25, 0.3) is 0 Å². The van der Waals surface area contributed by atoms with Crippen molar-refractivity contribution in [3.8, 4) is 6.07 Å². The van der Waals surface area contributed by atoms with Gasteiger partial charge in [0, 0.05) is 11.4 Å². The largest absolute Gasteiger partial charge is 0.369 e. The van der Waals surface area contributed by atoms with Gasteiger partial charge in [0.05, 0.1) is 18.1 Å². The van der Waals surface area contributed by atoms with Crippen LogP contribution in [0, 0.1) is 11.3 Å². The monoisotopic (exact) mass is 411 g/mol. The van der Waals surface area contributed by atoms with Crippen LogP contribution in [0.15, 0.2) is 41.3 Å². The number of hydrogen-bond donors (Lipinski definition) is 2. The van der Waals surface area contributed by atoms with Crippen LogP contribution in [0.5, 0.6) is 0 Å². The van der Waals surface area contributed by atoms with Crippen LogP contribution in [0.1, 0.15) is 67.3 Å². The number of hydrogen-bond acceptors (Lipinski definition) is 4. The van der Waals surface area contributed by atoms with Gasteiger partial charge in [0.2, 0.25) is 5.91 Å². The number of primary amides is 1. The second kappa shape index (κ2) is 11.6. The number of carbonyl (C=O) groups excluding carboxylic acids is 1. The lowest BCUT2D eigenvalue weighted by Crippen LogP contribution is -2.17. The summed E-state index contributed by atoms with van der Waals surface area (Å²) in [4.78, 5) is 14.4. The molecular formula is C24H33N3OS. The van der Waals surface area contributed by atoms with Crippen LogP contribution in [0.3, 0.4) is 0 Å². The Kier molecular flexibility index (Phi) is 9.94. The van der Waals surface area contributed by atoms with Crippen LogP contribution < -0.4 is 5.73 Å². The van der Waals surface area contributed by atoms with Crippen molar-refractivity contribution in [1.29, 1.82) is 5.26 Å². The van der Waals surface area contributed by atoms with Crippen LogP contribution >= 0.6 is 12.6 Å². The molecule has 4 nitrogen and oxygen atoms in total. The van der Waals surface area contributed by atoms with Crippen LogP contribution in [-0.4, -0.2) is 24.9 Å². The summed E-state index contributed by atoms with van der Waals surface area (Å²) >= 11 is 4.21. The fraction of sp³-hybridized carbons (Fsp3) is 0.417. The average molecular weight is 412 g/mol. The second-order valence-electron chi connectivity index (χ2n) is 8.10. The summed E-state index contributed by atoms with van der Waals surface area (Å²) < 4.78 is 0. The minimum Gasteiger partial charge on any atom is -0.369 e. The van der Waals surface area contributed by atoms with Gasteiger partial charge in [-0.2, -0.15) is 5.26 Å². The first kappa shape index (κ1) is 24.7. The molecule has 0 saturated heterocycles. The Bertz CT molecular complexity index is 820. The predicted molar refractivity (Wildman–Crippen MR) is 123 cm³/mol. The molecule has 2 aromatic carbocycles. The highest BCUT2D eigenvalue weighted by atomic mass is 32.1. The normalized spacial score (nSPS) is 10.7. The lowest BCUT2D eigenvalue weighted by atomic mass is 9.85. The summed E-state index contributed by atoms with van der Waals surface area (Å²) in [7, 11) is 4.13. The molecule has 2 rings (SSSR count). The van der Waals surface area contributed by atoms with E-state index in [1.165, 1.54) is 5.56 Å². The molecule has 0 aliphatic carbocycles. The summed E-state index contributed by atoms with van der Waals surface area (Å²) in [6.45, 7) is 9.24. The molecular weight excluding hydrogens is 378 g/mol. The maximum absolute atomic E-state index is 11.2. The summed E-state index contributed by atoms with van der Waals surface area (Å²) in [6.07, 6.45) is 0.243. The Labute approximate surface area is 181 Å². The van der Waals surface area contributed by atoms with E-state index in [4.69, 9.17) is 11.0 Å². The number of rotatable bonds is 6. The van der Waals surface area contributed by atoms with Crippen molar-refractivity contribution in [2.75, 3.05) is 14.1 Å². The molecule has 0 aliphatic rings. The molecule has 0 radical (unpaired) electrons. The number of nitrogens with two attached hydrogens (primary N) is 1. The minimum absolute atomic E-state index is 0.243. The Hall–Kier alpha value is -2.29. The van der Waals surface area contributed by atoms with Gasteiger partial charge in [-0.15, -0.1) is 12.6 Å². The third-order valence-electron chi connectivity index (χ3n) is 4.48. The van der Waals surface area contributed by atoms with E-state index in [0.29, 0.717) is 5.56 Å². The van der Waals surface area contributed by atoms with Crippen molar-refractivity contribution in [1.82, 2.24) is 4.90 Å². The van der Waals surface area contributed by atoms with Crippen LogP contribution in [0.2, 0.25) is 0 Å². The van der Waals surface area contributed by atoms with Crippen LogP contribution in [-0.2, 0) is 17.8 Å². The van der Waals surface area contributed by atoms with Gasteiger partial charge in [-0.05, 0) is 72.5 Å². The fourth-order valence-corrected chi connectivity index (χ4v) is 3.31. The summed E-state index contributed by atoms with van der Waals surface area (Å²) in [5, 5.41) is 9.08. The first-order valence-corrected chi connectivity index (χ1v) is 10.3. The third-order valence-corrected chi connectivity index (χ3v) is 4.78. The number of benzene rings is 2. The molecule has 0 saturated carbocycles. The average Bonchev–Trinajstić information content (AvgIpc) is 2.63. The lowest BCUT2D eigenvalue weighted by Gasteiger charge is -2.19. The van der Waals surface area contributed by atoms with E-state index in [1.54, 1.807) is 0 Å². The highest BCUT2D eigenvalue weighted by Gasteiger charge is 2.17. The van der Waals surface area contributed by atoms with E-state index in [2.05, 4.69) is 77.5 Å². The van der Waals surface area contributed by atoms with Gasteiger partial charge in [0.1, 0.15) is 0 Å². The van der Waals surface area contributed by atoms with Crippen LogP contribution in [0.4, 0.5) is 0 Å². The summed E-state index contributed by atoms with van der Waals surface area (Å²) in [5.41, 5.74) is 10.4. The SMILES string of the molecule is CC(C)c1cc(C#N)cc(C(C)C)c1CC(N)=O.CN(C)Cc1ccc(S)cc1. The first-order valence-electron chi connectivity index (χ1n) is 9.82. The zero-order chi connectivity index (χ0) is 22.1. The molecule has 0 aromatic heterocycles. The van der Waals surface area contributed by atoms with E-state index in [1.807, 2.05) is 24.3 Å². The lowest BCUT2D eigenvalue weighted by molar-refractivity contribution is -0.117. The van der Waals surface area contributed by atoms with E-state index < -0.39 is 0 Å². The topological polar surface area (TPSA) is 70.1 Å². The zero-order valence-electron chi connectivity index (χ0n) is 18.4. The highest BCUT2D eigenvalue weighted by molar-refractivity contribution is 7.80. The molecule has 29 heavy (non-hydrogen) atoms. The Balaban J connectivity index is 0.000000326.